The van der Waals surface area contributed by atoms with Crippen molar-refractivity contribution in [2.24, 2.45) is 0 Å². The summed E-state index contributed by atoms with van der Waals surface area (Å²) in [7, 11) is 0. The minimum absolute atomic E-state index is 0.412. The van der Waals surface area contributed by atoms with E-state index < -0.39 is 11.9 Å². The second kappa shape index (κ2) is 6.59. The summed E-state index contributed by atoms with van der Waals surface area (Å²) in [5.41, 5.74) is 1.30. The highest BCUT2D eigenvalue weighted by Gasteiger charge is 2.05. The van der Waals surface area contributed by atoms with Gasteiger partial charge in [0.1, 0.15) is 0 Å². The molecule has 0 amide bonds. The van der Waals surface area contributed by atoms with Crippen molar-refractivity contribution in [1.82, 2.24) is 0 Å². The average Bonchev–Trinajstić information content (AvgIpc) is 2.16. The lowest BCUT2D eigenvalue weighted by atomic mass is 10.1. The number of benzene rings is 1. The Kier molecular flexibility index (Phi) is 5.78. The van der Waals surface area contributed by atoms with E-state index >= 15 is 0 Å². The minimum Gasteiger partial charge on any atom is -0.481 e. The SMILES string of the molecule is CC(=O)O.CCc1ccccc1C(=O)O. The van der Waals surface area contributed by atoms with E-state index in [2.05, 4.69) is 0 Å². The first-order chi connectivity index (χ1) is 6.99. The Labute approximate surface area is 88.2 Å². The molecule has 82 valence electrons. The predicted molar refractivity (Wildman–Crippen MR) is 56.1 cm³/mol. The molecule has 0 saturated carbocycles. The molecule has 1 aromatic carbocycles. The van der Waals surface area contributed by atoms with Gasteiger partial charge in [-0.1, -0.05) is 25.1 Å². The summed E-state index contributed by atoms with van der Waals surface area (Å²) in [4.78, 5) is 19.6. The second-order valence-electron chi connectivity index (χ2n) is 2.83. The summed E-state index contributed by atoms with van der Waals surface area (Å²) in [6.07, 6.45) is 0.766. The third-order valence-electron chi connectivity index (χ3n) is 1.63. The maximum absolute atomic E-state index is 10.6. The van der Waals surface area contributed by atoms with Crippen LogP contribution in [0.3, 0.4) is 0 Å². The van der Waals surface area contributed by atoms with Crippen molar-refractivity contribution in [3.63, 3.8) is 0 Å². The molecule has 0 radical (unpaired) electrons. The van der Waals surface area contributed by atoms with Crippen LogP contribution in [-0.4, -0.2) is 22.2 Å². The Bertz CT molecular complexity index is 340. The van der Waals surface area contributed by atoms with Crippen molar-refractivity contribution < 1.29 is 19.8 Å². The van der Waals surface area contributed by atoms with Crippen molar-refractivity contribution in [3.05, 3.63) is 35.4 Å². The maximum atomic E-state index is 10.6. The Morgan fingerprint density at radius 3 is 2.00 bits per heavy atom. The van der Waals surface area contributed by atoms with Crippen molar-refractivity contribution in [2.45, 2.75) is 20.3 Å². The van der Waals surface area contributed by atoms with Gasteiger partial charge in [0.15, 0.2) is 0 Å². The number of hydrogen-bond acceptors (Lipinski definition) is 2. The van der Waals surface area contributed by atoms with E-state index in [1.54, 1.807) is 12.1 Å². The Morgan fingerprint density at radius 1 is 1.20 bits per heavy atom. The number of hydrogen-bond donors (Lipinski definition) is 2. The first-order valence-corrected chi connectivity index (χ1v) is 4.49. The molecule has 1 aromatic rings. The zero-order valence-corrected chi connectivity index (χ0v) is 8.73. The number of carboxylic acid groups (broad SMARTS) is 2. The molecule has 4 nitrogen and oxygen atoms in total. The minimum atomic E-state index is -0.845. The summed E-state index contributed by atoms with van der Waals surface area (Å²) in [6, 6.07) is 7.05. The molecule has 0 aliphatic rings. The van der Waals surface area contributed by atoms with E-state index in [-0.39, 0.29) is 0 Å². The van der Waals surface area contributed by atoms with Crippen molar-refractivity contribution in [1.29, 1.82) is 0 Å². The van der Waals surface area contributed by atoms with Gasteiger partial charge in [0.25, 0.3) is 5.97 Å². The number of aryl methyl sites for hydroxylation is 1. The van der Waals surface area contributed by atoms with Crippen LogP contribution in [0.1, 0.15) is 29.8 Å². The molecule has 0 unspecified atom stereocenters. The van der Waals surface area contributed by atoms with Gasteiger partial charge in [-0.2, -0.15) is 0 Å². The van der Waals surface area contributed by atoms with Crippen LogP contribution in [0.25, 0.3) is 0 Å². The molecule has 0 aliphatic carbocycles. The molecule has 15 heavy (non-hydrogen) atoms. The van der Waals surface area contributed by atoms with Crippen LogP contribution in [0.15, 0.2) is 24.3 Å². The monoisotopic (exact) mass is 210 g/mol. The summed E-state index contributed by atoms with van der Waals surface area (Å²) >= 11 is 0. The van der Waals surface area contributed by atoms with Gasteiger partial charge in [0.05, 0.1) is 5.56 Å². The fourth-order valence-corrected chi connectivity index (χ4v) is 1.04. The van der Waals surface area contributed by atoms with Gasteiger partial charge in [-0.05, 0) is 18.1 Å². The van der Waals surface area contributed by atoms with Gasteiger partial charge < -0.3 is 10.2 Å². The summed E-state index contributed by atoms with van der Waals surface area (Å²) < 4.78 is 0. The highest BCUT2D eigenvalue weighted by atomic mass is 16.4. The highest BCUT2D eigenvalue weighted by molar-refractivity contribution is 5.89. The summed E-state index contributed by atoms with van der Waals surface area (Å²) in [5.74, 6) is -1.68. The van der Waals surface area contributed by atoms with Crippen molar-refractivity contribution in [2.75, 3.05) is 0 Å². The van der Waals surface area contributed by atoms with Gasteiger partial charge in [-0.15, -0.1) is 0 Å². The van der Waals surface area contributed by atoms with E-state index in [1.807, 2.05) is 19.1 Å². The van der Waals surface area contributed by atoms with Crippen LogP contribution in [0.2, 0.25) is 0 Å². The highest BCUT2D eigenvalue weighted by Crippen LogP contribution is 2.08. The van der Waals surface area contributed by atoms with Gasteiger partial charge in [-0.3, -0.25) is 4.79 Å². The normalized spacial score (nSPS) is 8.67. The quantitative estimate of drug-likeness (QED) is 0.783. The Morgan fingerprint density at radius 2 is 1.67 bits per heavy atom. The molecule has 0 fully saturated rings. The number of carboxylic acids is 2. The van der Waals surface area contributed by atoms with Gasteiger partial charge in [-0.25, -0.2) is 4.79 Å². The Hall–Kier alpha value is -1.84. The van der Waals surface area contributed by atoms with Crippen LogP contribution in [0.4, 0.5) is 0 Å². The van der Waals surface area contributed by atoms with Crippen LogP contribution in [0.5, 0.6) is 0 Å². The van der Waals surface area contributed by atoms with Crippen LogP contribution in [-0.2, 0) is 11.2 Å². The fourth-order valence-electron chi connectivity index (χ4n) is 1.04. The molecule has 0 aromatic heterocycles. The number of carbonyl (C=O) groups is 2. The number of rotatable bonds is 2. The predicted octanol–water partition coefficient (Wildman–Crippen LogP) is 2.04. The zero-order valence-electron chi connectivity index (χ0n) is 8.73. The zero-order chi connectivity index (χ0) is 11.8. The number of aromatic carboxylic acids is 1. The van der Waals surface area contributed by atoms with E-state index in [1.165, 1.54) is 0 Å². The molecule has 2 N–H and O–H groups in total. The molecule has 0 aliphatic heterocycles. The summed E-state index contributed by atoms with van der Waals surface area (Å²) in [6.45, 7) is 3.03. The standard InChI is InChI=1S/C9H10O2.C2H4O2/c1-2-7-5-3-4-6-8(7)9(10)11;1-2(3)4/h3-6H,2H2,1H3,(H,10,11);1H3,(H,3,4). The topological polar surface area (TPSA) is 74.6 Å². The number of aliphatic carboxylic acids is 1. The molecule has 0 atom stereocenters. The van der Waals surface area contributed by atoms with Crippen LogP contribution < -0.4 is 0 Å². The lowest BCUT2D eigenvalue weighted by Gasteiger charge is -2.00. The molecule has 1 rings (SSSR count). The van der Waals surface area contributed by atoms with E-state index in [9.17, 15) is 4.79 Å². The lowest BCUT2D eigenvalue weighted by molar-refractivity contribution is -0.134. The van der Waals surface area contributed by atoms with Gasteiger partial charge >= 0.3 is 5.97 Å². The van der Waals surface area contributed by atoms with Crippen LogP contribution in [0, 0.1) is 0 Å². The lowest BCUT2D eigenvalue weighted by Crippen LogP contribution is -2.00. The van der Waals surface area contributed by atoms with Gasteiger partial charge in [0.2, 0.25) is 0 Å². The van der Waals surface area contributed by atoms with Gasteiger partial charge in [0, 0.05) is 6.92 Å². The molecule has 4 heteroatoms. The molecule has 0 bridgehead atoms. The third kappa shape index (κ3) is 5.46. The fraction of sp³-hybridized carbons (Fsp3) is 0.273. The molecular weight excluding hydrogens is 196 g/mol. The van der Waals surface area contributed by atoms with Crippen molar-refractivity contribution >= 4 is 11.9 Å². The van der Waals surface area contributed by atoms with E-state index in [4.69, 9.17) is 15.0 Å². The summed E-state index contributed by atoms with van der Waals surface area (Å²) in [5, 5.41) is 16.1. The first-order valence-electron chi connectivity index (χ1n) is 4.49. The third-order valence-corrected chi connectivity index (χ3v) is 1.63. The second-order valence-corrected chi connectivity index (χ2v) is 2.83. The molecular formula is C11H14O4. The Balaban J connectivity index is 0.000000423. The van der Waals surface area contributed by atoms with Crippen LogP contribution >= 0.6 is 0 Å². The van der Waals surface area contributed by atoms with Crippen molar-refractivity contribution in [3.8, 4) is 0 Å². The maximum Gasteiger partial charge on any atom is 0.335 e. The molecule has 0 heterocycles. The molecule has 0 spiro atoms. The average molecular weight is 210 g/mol. The van der Waals surface area contributed by atoms with E-state index in [0.717, 1.165) is 18.9 Å². The molecule has 0 saturated heterocycles. The smallest absolute Gasteiger partial charge is 0.335 e. The van der Waals surface area contributed by atoms with E-state index in [0.29, 0.717) is 5.56 Å². The first kappa shape index (κ1) is 13.2. The largest absolute Gasteiger partial charge is 0.481 e.